The molecular formula is C19H22BrNO2. The smallest absolute Gasteiger partial charge is 0.265 e. The number of carbonyl (C=O) groups is 1. The van der Waals surface area contributed by atoms with Crippen LogP contribution in [0.3, 0.4) is 0 Å². The monoisotopic (exact) mass is 375 g/mol. The van der Waals surface area contributed by atoms with Crippen molar-refractivity contribution in [3.63, 3.8) is 0 Å². The second kappa shape index (κ2) is 7.64. The van der Waals surface area contributed by atoms with Gasteiger partial charge in [-0.3, -0.25) is 4.79 Å². The number of ether oxygens (including phenoxy) is 1. The Bertz CT molecular complexity index is 698. The zero-order valence-corrected chi connectivity index (χ0v) is 15.5. The molecular weight excluding hydrogens is 354 g/mol. The van der Waals surface area contributed by atoms with Gasteiger partial charge in [-0.2, -0.15) is 0 Å². The summed E-state index contributed by atoms with van der Waals surface area (Å²) < 4.78 is 6.89. The lowest BCUT2D eigenvalue weighted by atomic mass is 10.0. The molecule has 23 heavy (non-hydrogen) atoms. The molecule has 4 heteroatoms. The summed E-state index contributed by atoms with van der Waals surface area (Å²) >= 11 is 3.45. The second-order valence-electron chi connectivity index (χ2n) is 5.91. The highest BCUT2D eigenvalue weighted by molar-refractivity contribution is 9.10. The van der Waals surface area contributed by atoms with Gasteiger partial charge in [0.25, 0.3) is 5.91 Å². The highest BCUT2D eigenvalue weighted by atomic mass is 79.9. The van der Waals surface area contributed by atoms with Gasteiger partial charge in [0, 0.05) is 10.2 Å². The molecule has 3 nitrogen and oxygen atoms in total. The molecule has 2 aromatic rings. The third-order valence-corrected chi connectivity index (χ3v) is 4.53. The Balaban J connectivity index is 2.07. The third kappa shape index (κ3) is 4.58. The summed E-state index contributed by atoms with van der Waals surface area (Å²) in [7, 11) is 0. The maximum absolute atomic E-state index is 12.3. The Morgan fingerprint density at radius 1 is 1.13 bits per heavy atom. The summed E-state index contributed by atoms with van der Waals surface area (Å²) in [6.45, 7) is 7.96. The van der Waals surface area contributed by atoms with Crippen molar-refractivity contribution in [2.24, 2.45) is 0 Å². The fraction of sp³-hybridized carbons (Fsp3) is 0.316. The molecule has 0 aliphatic carbocycles. The van der Waals surface area contributed by atoms with E-state index in [0.717, 1.165) is 27.0 Å². The van der Waals surface area contributed by atoms with E-state index in [1.54, 1.807) is 6.92 Å². The van der Waals surface area contributed by atoms with Crippen LogP contribution in [0.1, 0.15) is 37.8 Å². The van der Waals surface area contributed by atoms with Gasteiger partial charge in [-0.1, -0.05) is 48.0 Å². The van der Waals surface area contributed by atoms with E-state index in [2.05, 4.69) is 35.1 Å². The van der Waals surface area contributed by atoms with Crippen molar-refractivity contribution in [3.05, 3.63) is 58.1 Å². The zero-order valence-electron chi connectivity index (χ0n) is 13.9. The van der Waals surface area contributed by atoms with Gasteiger partial charge in [-0.05, 0) is 55.2 Å². The topological polar surface area (TPSA) is 38.3 Å². The standard InChI is InChI=1S/C19H22BrNO2/c1-12(2)16-7-5-6-8-18(16)23-14(4)19(22)21-15-9-10-17(20)13(3)11-15/h5-12,14H,1-4H3,(H,21,22)/t14-/m0/s1. The molecule has 0 unspecified atom stereocenters. The summed E-state index contributed by atoms with van der Waals surface area (Å²) in [5, 5.41) is 2.89. The first-order valence-electron chi connectivity index (χ1n) is 7.71. The molecule has 1 N–H and O–H groups in total. The summed E-state index contributed by atoms with van der Waals surface area (Å²) in [5.41, 5.74) is 2.94. The van der Waals surface area contributed by atoms with Gasteiger partial charge in [-0.15, -0.1) is 0 Å². The van der Waals surface area contributed by atoms with E-state index < -0.39 is 6.10 Å². The number of aryl methyl sites for hydroxylation is 1. The lowest BCUT2D eigenvalue weighted by Crippen LogP contribution is -2.30. The van der Waals surface area contributed by atoms with Crippen LogP contribution in [-0.2, 0) is 4.79 Å². The average Bonchev–Trinajstić information content (AvgIpc) is 2.51. The number of benzene rings is 2. The van der Waals surface area contributed by atoms with Crippen LogP contribution >= 0.6 is 15.9 Å². The lowest BCUT2D eigenvalue weighted by Gasteiger charge is -2.19. The van der Waals surface area contributed by atoms with E-state index >= 15 is 0 Å². The molecule has 0 saturated heterocycles. The molecule has 2 rings (SSSR count). The van der Waals surface area contributed by atoms with Crippen molar-refractivity contribution in [2.45, 2.75) is 39.7 Å². The molecule has 0 saturated carbocycles. The van der Waals surface area contributed by atoms with E-state index in [-0.39, 0.29) is 5.91 Å². The molecule has 122 valence electrons. The molecule has 2 aromatic carbocycles. The van der Waals surface area contributed by atoms with Crippen LogP contribution < -0.4 is 10.1 Å². The second-order valence-corrected chi connectivity index (χ2v) is 6.76. The van der Waals surface area contributed by atoms with Gasteiger partial charge < -0.3 is 10.1 Å². The van der Waals surface area contributed by atoms with E-state index in [4.69, 9.17) is 4.74 Å². The fourth-order valence-electron chi connectivity index (χ4n) is 2.28. The maximum atomic E-state index is 12.3. The first-order chi connectivity index (χ1) is 10.9. The van der Waals surface area contributed by atoms with Crippen molar-refractivity contribution >= 4 is 27.5 Å². The minimum absolute atomic E-state index is 0.162. The quantitative estimate of drug-likeness (QED) is 0.770. The van der Waals surface area contributed by atoms with E-state index in [9.17, 15) is 4.79 Å². The number of hydrogen-bond acceptors (Lipinski definition) is 2. The maximum Gasteiger partial charge on any atom is 0.265 e. The SMILES string of the molecule is Cc1cc(NC(=O)[C@H](C)Oc2ccccc2C(C)C)ccc1Br. The van der Waals surface area contributed by atoms with Crippen molar-refractivity contribution in [1.29, 1.82) is 0 Å². The molecule has 0 aromatic heterocycles. The van der Waals surface area contributed by atoms with Gasteiger partial charge in [0.2, 0.25) is 0 Å². The summed E-state index contributed by atoms with van der Waals surface area (Å²) in [6.07, 6.45) is -0.571. The number of para-hydroxylation sites is 1. The molecule has 0 aliphatic heterocycles. The fourth-order valence-corrected chi connectivity index (χ4v) is 2.52. The summed E-state index contributed by atoms with van der Waals surface area (Å²) in [6, 6.07) is 13.6. The van der Waals surface area contributed by atoms with Gasteiger partial charge >= 0.3 is 0 Å². The van der Waals surface area contributed by atoms with Gasteiger partial charge in [-0.25, -0.2) is 0 Å². The predicted molar refractivity (Wildman–Crippen MR) is 98.1 cm³/mol. The van der Waals surface area contributed by atoms with Crippen LogP contribution in [0.2, 0.25) is 0 Å². The molecule has 1 atom stereocenters. The average molecular weight is 376 g/mol. The van der Waals surface area contributed by atoms with E-state index in [1.165, 1.54) is 0 Å². The van der Waals surface area contributed by atoms with Gasteiger partial charge in [0.05, 0.1) is 0 Å². The first-order valence-corrected chi connectivity index (χ1v) is 8.50. The molecule has 0 fully saturated rings. The summed E-state index contributed by atoms with van der Waals surface area (Å²) in [4.78, 5) is 12.3. The number of anilines is 1. The van der Waals surface area contributed by atoms with Crippen LogP contribution in [0.5, 0.6) is 5.75 Å². The Hall–Kier alpha value is -1.81. The van der Waals surface area contributed by atoms with Gasteiger partial charge in [0.15, 0.2) is 6.10 Å². The van der Waals surface area contributed by atoms with E-state index in [0.29, 0.717) is 5.92 Å². The van der Waals surface area contributed by atoms with Gasteiger partial charge in [0.1, 0.15) is 5.75 Å². The first kappa shape index (κ1) is 17.5. The van der Waals surface area contributed by atoms with E-state index in [1.807, 2.05) is 49.4 Å². The molecule has 0 radical (unpaired) electrons. The largest absolute Gasteiger partial charge is 0.481 e. The molecule has 0 bridgehead atoms. The number of amides is 1. The van der Waals surface area contributed by atoms with Crippen LogP contribution in [0, 0.1) is 6.92 Å². The molecule has 0 aliphatic rings. The Morgan fingerprint density at radius 3 is 2.48 bits per heavy atom. The summed E-state index contributed by atoms with van der Waals surface area (Å²) in [5.74, 6) is 0.943. The molecule has 0 heterocycles. The van der Waals surface area contributed by atoms with Crippen molar-refractivity contribution in [3.8, 4) is 5.75 Å². The Kier molecular flexibility index (Phi) is 5.83. The number of rotatable bonds is 5. The molecule has 0 spiro atoms. The zero-order chi connectivity index (χ0) is 17.0. The van der Waals surface area contributed by atoms with Crippen LogP contribution in [0.25, 0.3) is 0 Å². The highest BCUT2D eigenvalue weighted by Crippen LogP contribution is 2.27. The normalized spacial score (nSPS) is 12.1. The Morgan fingerprint density at radius 2 is 1.83 bits per heavy atom. The minimum Gasteiger partial charge on any atom is -0.481 e. The third-order valence-electron chi connectivity index (χ3n) is 3.64. The number of halogens is 1. The van der Waals surface area contributed by atoms with Crippen molar-refractivity contribution in [2.75, 3.05) is 5.32 Å². The Labute approximate surface area is 146 Å². The number of hydrogen-bond donors (Lipinski definition) is 1. The van der Waals surface area contributed by atoms with Crippen LogP contribution in [0.15, 0.2) is 46.9 Å². The number of carbonyl (C=O) groups excluding carboxylic acids is 1. The molecule has 1 amide bonds. The van der Waals surface area contributed by atoms with Crippen molar-refractivity contribution < 1.29 is 9.53 Å². The lowest BCUT2D eigenvalue weighted by molar-refractivity contribution is -0.122. The minimum atomic E-state index is -0.571. The van der Waals surface area contributed by atoms with Crippen LogP contribution in [-0.4, -0.2) is 12.0 Å². The van der Waals surface area contributed by atoms with Crippen molar-refractivity contribution in [1.82, 2.24) is 0 Å². The highest BCUT2D eigenvalue weighted by Gasteiger charge is 2.17. The number of nitrogens with one attached hydrogen (secondary N) is 1. The van der Waals surface area contributed by atoms with Crippen LogP contribution in [0.4, 0.5) is 5.69 Å². The predicted octanol–water partition coefficient (Wildman–Crippen LogP) is 5.29.